The van der Waals surface area contributed by atoms with Gasteiger partial charge in [-0.3, -0.25) is 0 Å². The summed E-state index contributed by atoms with van der Waals surface area (Å²) >= 11 is 5.89. The van der Waals surface area contributed by atoms with Crippen molar-refractivity contribution in [3.63, 3.8) is 0 Å². The molecule has 0 aromatic carbocycles. The first-order valence-corrected chi connectivity index (χ1v) is 6.19. The monoisotopic (exact) mass is 305 g/mol. The maximum Gasteiger partial charge on any atom is 0.435 e. The summed E-state index contributed by atoms with van der Waals surface area (Å²) in [5, 5.41) is 6.46. The van der Waals surface area contributed by atoms with Crippen molar-refractivity contribution in [2.24, 2.45) is 0 Å². The first-order chi connectivity index (χ1) is 9.41. The Morgan fingerprint density at radius 3 is 2.75 bits per heavy atom. The zero-order valence-corrected chi connectivity index (χ0v) is 11.2. The Balaban J connectivity index is 2.34. The number of hydrogen-bond donors (Lipinski definition) is 1. The van der Waals surface area contributed by atoms with Crippen molar-refractivity contribution < 1.29 is 13.2 Å². The van der Waals surface area contributed by atoms with E-state index in [1.54, 1.807) is 0 Å². The number of rotatable bonds is 4. The number of nitrogens with zero attached hydrogens (tertiary/aromatic N) is 4. The van der Waals surface area contributed by atoms with Crippen LogP contribution in [0, 0.1) is 0 Å². The maximum atomic E-state index is 12.5. The van der Waals surface area contributed by atoms with Crippen LogP contribution in [0.25, 0.3) is 5.82 Å². The molecule has 0 saturated heterocycles. The minimum Gasteiger partial charge on any atom is -0.354 e. The molecule has 0 fully saturated rings. The SMILES string of the molecule is CCCNc1ncc(Cl)c(-n2ccc(C(F)(F)F)n2)n1. The third-order valence-corrected chi connectivity index (χ3v) is 2.62. The van der Waals surface area contributed by atoms with Crippen LogP contribution in [0.1, 0.15) is 19.0 Å². The summed E-state index contributed by atoms with van der Waals surface area (Å²) in [6.45, 7) is 2.61. The van der Waals surface area contributed by atoms with Crippen molar-refractivity contribution in [2.75, 3.05) is 11.9 Å². The number of hydrogen-bond acceptors (Lipinski definition) is 4. The molecule has 2 aromatic rings. The van der Waals surface area contributed by atoms with Gasteiger partial charge in [-0.25, -0.2) is 9.67 Å². The minimum atomic E-state index is -4.51. The van der Waals surface area contributed by atoms with Crippen LogP contribution in [-0.4, -0.2) is 26.3 Å². The fraction of sp³-hybridized carbons (Fsp3) is 0.364. The number of anilines is 1. The molecule has 108 valence electrons. The van der Waals surface area contributed by atoms with E-state index in [1.165, 1.54) is 6.20 Å². The zero-order valence-electron chi connectivity index (χ0n) is 10.4. The first kappa shape index (κ1) is 14.6. The Morgan fingerprint density at radius 1 is 1.40 bits per heavy atom. The third kappa shape index (κ3) is 3.19. The second kappa shape index (κ2) is 5.66. The topological polar surface area (TPSA) is 55.6 Å². The molecule has 0 aliphatic rings. The normalized spacial score (nSPS) is 11.7. The van der Waals surface area contributed by atoms with E-state index in [-0.39, 0.29) is 16.8 Å². The molecule has 20 heavy (non-hydrogen) atoms. The average molecular weight is 306 g/mol. The van der Waals surface area contributed by atoms with Gasteiger partial charge in [-0.2, -0.15) is 23.3 Å². The summed E-state index contributed by atoms with van der Waals surface area (Å²) in [5.41, 5.74) is -1.00. The molecule has 2 aromatic heterocycles. The highest BCUT2D eigenvalue weighted by Crippen LogP contribution is 2.28. The Hall–Kier alpha value is -1.83. The van der Waals surface area contributed by atoms with Gasteiger partial charge in [-0.1, -0.05) is 18.5 Å². The van der Waals surface area contributed by atoms with E-state index >= 15 is 0 Å². The predicted molar refractivity (Wildman–Crippen MR) is 67.9 cm³/mol. The van der Waals surface area contributed by atoms with Gasteiger partial charge in [0.15, 0.2) is 11.5 Å². The van der Waals surface area contributed by atoms with E-state index in [1.807, 2.05) is 6.92 Å². The number of aromatic nitrogens is 4. The maximum absolute atomic E-state index is 12.5. The van der Waals surface area contributed by atoms with Crippen LogP contribution in [0.15, 0.2) is 18.5 Å². The number of halogens is 4. The summed E-state index contributed by atoms with van der Waals surface area (Å²) in [6.07, 6.45) is -1.17. The lowest BCUT2D eigenvalue weighted by Crippen LogP contribution is -2.10. The molecule has 0 aliphatic heterocycles. The highest BCUT2D eigenvalue weighted by molar-refractivity contribution is 6.32. The van der Waals surface area contributed by atoms with E-state index < -0.39 is 11.9 Å². The average Bonchev–Trinajstić information content (AvgIpc) is 2.87. The molecule has 2 rings (SSSR count). The molecular formula is C11H11ClF3N5. The Labute approximate surface area is 117 Å². The van der Waals surface area contributed by atoms with Gasteiger partial charge in [-0.05, 0) is 12.5 Å². The van der Waals surface area contributed by atoms with Crippen LogP contribution in [-0.2, 0) is 6.18 Å². The lowest BCUT2D eigenvalue weighted by molar-refractivity contribution is -0.141. The Kier molecular flexibility index (Phi) is 4.12. The van der Waals surface area contributed by atoms with Gasteiger partial charge in [0.25, 0.3) is 0 Å². The third-order valence-electron chi connectivity index (χ3n) is 2.36. The summed E-state index contributed by atoms with van der Waals surface area (Å²) in [4.78, 5) is 7.99. The molecule has 0 bridgehead atoms. The van der Waals surface area contributed by atoms with Gasteiger partial charge in [-0.15, -0.1) is 0 Å². The quantitative estimate of drug-likeness (QED) is 0.942. The van der Waals surface area contributed by atoms with Crippen molar-refractivity contribution in [1.82, 2.24) is 19.7 Å². The van der Waals surface area contributed by atoms with Crippen molar-refractivity contribution >= 4 is 17.5 Å². The van der Waals surface area contributed by atoms with Crippen LogP contribution in [0.3, 0.4) is 0 Å². The van der Waals surface area contributed by atoms with Gasteiger partial charge in [0.05, 0.1) is 6.20 Å². The van der Waals surface area contributed by atoms with Gasteiger partial charge in [0.2, 0.25) is 5.95 Å². The van der Waals surface area contributed by atoms with Crippen molar-refractivity contribution in [1.29, 1.82) is 0 Å². The van der Waals surface area contributed by atoms with Crippen LogP contribution >= 0.6 is 11.6 Å². The number of alkyl halides is 3. The molecule has 1 N–H and O–H groups in total. The highest BCUT2D eigenvalue weighted by Gasteiger charge is 2.33. The second-order valence-corrected chi connectivity index (χ2v) is 4.34. The predicted octanol–water partition coefficient (Wildman–Crippen LogP) is 3.16. The van der Waals surface area contributed by atoms with Gasteiger partial charge in [0, 0.05) is 12.7 Å². The summed E-state index contributed by atoms with van der Waals surface area (Å²) < 4.78 is 38.5. The summed E-state index contributed by atoms with van der Waals surface area (Å²) in [6, 6.07) is 0.859. The Morgan fingerprint density at radius 2 is 2.15 bits per heavy atom. The molecule has 0 amide bonds. The van der Waals surface area contributed by atoms with E-state index in [4.69, 9.17) is 11.6 Å². The van der Waals surface area contributed by atoms with Crippen LogP contribution < -0.4 is 5.32 Å². The van der Waals surface area contributed by atoms with Gasteiger partial charge in [0.1, 0.15) is 5.02 Å². The highest BCUT2D eigenvalue weighted by atomic mass is 35.5. The van der Waals surface area contributed by atoms with E-state index in [0.29, 0.717) is 6.54 Å². The van der Waals surface area contributed by atoms with Gasteiger partial charge >= 0.3 is 6.18 Å². The smallest absolute Gasteiger partial charge is 0.354 e. The van der Waals surface area contributed by atoms with Gasteiger partial charge < -0.3 is 5.32 Å². The number of nitrogens with one attached hydrogen (secondary N) is 1. The fourth-order valence-electron chi connectivity index (χ4n) is 1.43. The first-order valence-electron chi connectivity index (χ1n) is 5.81. The van der Waals surface area contributed by atoms with Crippen LogP contribution in [0.2, 0.25) is 5.02 Å². The molecular weight excluding hydrogens is 295 g/mol. The van der Waals surface area contributed by atoms with Crippen molar-refractivity contribution in [3.8, 4) is 5.82 Å². The van der Waals surface area contributed by atoms with E-state index in [9.17, 15) is 13.2 Å². The molecule has 0 saturated carbocycles. The summed E-state index contributed by atoms with van der Waals surface area (Å²) in [5.74, 6) is 0.381. The molecule has 9 heteroatoms. The van der Waals surface area contributed by atoms with Crippen LogP contribution in [0.5, 0.6) is 0 Å². The molecule has 0 aliphatic carbocycles. The molecule has 0 unspecified atom stereocenters. The standard InChI is InChI=1S/C11H11ClF3N5/c1-2-4-16-10-17-6-7(12)9(18-10)20-5-3-8(19-20)11(13,14)15/h3,5-6H,2,4H2,1H3,(H,16,17,18). The minimum absolute atomic E-state index is 0.0933. The van der Waals surface area contributed by atoms with Crippen molar-refractivity contribution in [3.05, 3.63) is 29.2 Å². The molecule has 0 radical (unpaired) electrons. The van der Waals surface area contributed by atoms with E-state index in [0.717, 1.165) is 23.4 Å². The van der Waals surface area contributed by atoms with Crippen molar-refractivity contribution in [2.45, 2.75) is 19.5 Å². The second-order valence-electron chi connectivity index (χ2n) is 3.94. The molecule has 0 spiro atoms. The zero-order chi connectivity index (χ0) is 14.8. The lowest BCUT2D eigenvalue weighted by Gasteiger charge is -2.07. The molecule has 5 nitrogen and oxygen atoms in total. The fourth-order valence-corrected chi connectivity index (χ4v) is 1.61. The largest absolute Gasteiger partial charge is 0.435 e. The van der Waals surface area contributed by atoms with E-state index in [2.05, 4.69) is 20.4 Å². The summed E-state index contributed by atoms with van der Waals surface area (Å²) in [7, 11) is 0. The van der Waals surface area contributed by atoms with Crippen LogP contribution in [0.4, 0.5) is 19.1 Å². The molecule has 2 heterocycles. The lowest BCUT2D eigenvalue weighted by atomic mass is 10.4. The Bertz CT molecular complexity index is 596. The molecule has 0 atom stereocenters.